The first-order valence-corrected chi connectivity index (χ1v) is 8.63. The Morgan fingerprint density at radius 3 is 2.67 bits per heavy atom. The highest BCUT2D eigenvalue weighted by atomic mass is 32.2. The normalized spacial score (nSPS) is 29.9. The number of rotatable bonds is 4. The molecule has 98 valence electrons. The van der Waals surface area contributed by atoms with Gasteiger partial charge in [-0.2, -0.15) is 0 Å². The number of hydrogen-bond acceptors (Lipinski definition) is 4. The van der Waals surface area contributed by atoms with E-state index in [0.29, 0.717) is 11.8 Å². The molecule has 2 fully saturated rings. The molecule has 6 heteroatoms. The molecule has 0 bridgehead atoms. The minimum Gasteiger partial charge on any atom is -0.274 e. The Bertz CT molecular complexity index is 540. The van der Waals surface area contributed by atoms with Crippen LogP contribution in [0.4, 0.5) is 0 Å². The summed E-state index contributed by atoms with van der Waals surface area (Å²) in [5.41, 5.74) is 0. The maximum absolute atomic E-state index is 11.9. The van der Waals surface area contributed by atoms with Crippen molar-refractivity contribution in [3.63, 3.8) is 0 Å². The Labute approximate surface area is 110 Å². The summed E-state index contributed by atoms with van der Waals surface area (Å²) in [4.78, 5) is 12.6. The SMILES string of the molecule is O=C(NS(=O)(=O)Cc1cccs1)C1C[C@@H]2C[C@@H]2C1. The van der Waals surface area contributed by atoms with E-state index in [4.69, 9.17) is 0 Å². The van der Waals surface area contributed by atoms with Crippen LogP contribution in [-0.2, 0) is 20.6 Å². The Morgan fingerprint density at radius 1 is 1.33 bits per heavy atom. The fraction of sp³-hybridized carbons (Fsp3) is 0.583. The topological polar surface area (TPSA) is 63.2 Å². The van der Waals surface area contributed by atoms with Crippen molar-refractivity contribution in [2.45, 2.75) is 25.0 Å². The van der Waals surface area contributed by atoms with E-state index in [1.165, 1.54) is 17.8 Å². The monoisotopic (exact) mass is 285 g/mol. The number of amides is 1. The van der Waals surface area contributed by atoms with Crippen LogP contribution in [0.2, 0.25) is 0 Å². The predicted molar refractivity (Wildman–Crippen MR) is 69.4 cm³/mol. The first-order chi connectivity index (χ1) is 8.53. The number of sulfonamides is 1. The summed E-state index contributed by atoms with van der Waals surface area (Å²) in [7, 11) is -3.53. The molecular weight excluding hydrogens is 270 g/mol. The van der Waals surface area contributed by atoms with E-state index in [2.05, 4.69) is 4.72 Å². The van der Waals surface area contributed by atoms with Crippen LogP contribution in [0.1, 0.15) is 24.1 Å². The highest BCUT2D eigenvalue weighted by Gasteiger charge is 2.48. The van der Waals surface area contributed by atoms with Crippen molar-refractivity contribution in [3.8, 4) is 0 Å². The quantitative estimate of drug-likeness (QED) is 0.916. The van der Waals surface area contributed by atoms with E-state index in [1.54, 1.807) is 6.07 Å². The molecule has 2 saturated carbocycles. The molecule has 1 aromatic rings. The van der Waals surface area contributed by atoms with E-state index in [-0.39, 0.29) is 17.6 Å². The third kappa shape index (κ3) is 2.59. The van der Waals surface area contributed by atoms with Crippen molar-refractivity contribution in [2.24, 2.45) is 17.8 Å². The molecule has 0 aliphatic heterocycles. The molecule has 0 spiro atoms. The van der Waals surface area contributed by atoms with E-state index < -0.39 is 10.0 Å². The van der Waals surface area contributed by atoms with Gasteiger partial charge >= 0.3 is 0 Å². The van der Waals surface area contributed by atoms with Gasteiger partial charge in [-0.1, -0.05) is 6.07 Å². The van der Waals surface area contributed by atoms with E-state index >= 15 is 0 Å². The lowest BCUT2D eigenvalue weighted by molar-refractivity contribution is -0.123. The van der Waals surface area contributed by atoms with Gasteiger partial charge in [0.05, 0.1) is 0 Å². The maximum Gasteiger partial charge on any atom is 0.239 e. The highest BCUT2D eigenvalue weighted by Crippen LogP contribution is 2.54. The lowest BCUT2D eigenvalue weighted by Gasteiger charge is -2.12. The van der Waals surface area contributed by atoms with Gasteiger partial charge in [0.15, 0.2) is 0 Å². The van der Waals surface area contributed by atoms with Gasteiger partial charge in [0, 0.05) is 10.8 Å². The molecule has 3 atom stereocenters. The Hall–Kier alpha value is -0.880. The second kappa shape index (κ2) is 4.35. The number of thiophene rings is 1. The Balaban J connectivity index is 1.59. The minimum absolute atomic E-state index is 0.0909. The molecule has 3 rings (SSSR count). The molecule has 1 N–H and O–H groups in total. The summed E-state index contributed by atoms with van der Waals surface area (Å²) in [6.07, 6.45) is 2.96. The van der Waals surface area contributed by atoms with Crippen LogP contribution in [-0.4, -0.2) is 14.3 Å². The fourth-order valence-corrected chi connectivity index (χ4v) is 5.03. The maximum atomic E-state index is 11.9. The van der Waals surface area contributed by atoms with Crippen LogP contribution >= 0.6 is 11.3 Å². The third-order valence-corrected chi connectivity index (χ3v) is 6.05. The van der Waals surface area contributed by atoms with E-state index in [0.717, 1.165) is 17.7 Å². The van der Waals surface area contributed by atoms with Crippen molar-refractivity contribution in [1.29, 1.82) is 0 Å². The zero-order valence-corrected chi connectivity index (χ0v) is 11.5. The molecule has 1 unspecified atom stereocenters. The Morgan fingerprint density at radius 2 is 2.06 bits per heavy atom. The predicted octanol–water partition coefficient (Wildman–Crippen LogP) is 1.74. The van der Waals surface area contributed by atoms with Gasteiger partial charge in [-0.15, -0.1) is 11.3 Å². The summed E-state index contributed by atoms with van der Waals surface area (Å²) in [5.74, 6) is 0.864. The zero-order valence-electron chi connectivity index (χ0n) is 9.83. The average Bonchev–Trinajstić information content (AvgIpc) is 2.74. The Kier molecular flexibility index (Phi) is 2.94. The zero-order chi connectivity index (χ0) is 12.8. The minimum atomic E-state index is -3.53. The number of carbonyl (C=O) groups is 1. The largest absolute Gasteiger partial charge is 0.274 e. The summed E-state index contributed by atoms with van der Waals surface area (Å²) >= 11 is 1.39. The van der Waals surface area contributed by atoms with Gasteiger partial charge in [0.1, 0.15) is 5.75 Å². The number of fused-ring (bicyclic) bond motifs is 1. The molecule has 0 saturated heterocycles. The highest BCUT2D eigenvalue weighted by molar-refractivity contribution is 7.89. The molecule has 1 amide bonds. The average molecular weight is 285 g/mol. The van der Waals surface area contributed by atoms with Crippen LogP contribution in [0.25, 0.3) is 0 Å². The van der Waals surface area contributed by atoms with Crippen LogP contribution < -0.4 is 4.72 Å². The fourth-order valence-electron chi connectivity index (χ4n) is 2.78. The first kappa shape index (κ1) is 12.2. The molecule has 1 aromatic heterocycles. The van der Waals surface area contributed by atoms with Gasteiger partial charge < -0.3 is 0 Å². The van der Waals surface area contributed by atoms with Crippen molar-refractivity contribution in [1.82, 2.24) is 4.72 Å². The van der Waals surface area contributed by atoms with Crippen molar-refractivity contribution in [2.75, 3.05) is 0 Å². The number of hydrogen-bond donors (Lipinski definition) is 1. The van der Waals surface area contributed by atoms with Crippen LogP contribution in [0.5, 0.6) is 0 Å². The second-order valence-corrected chi connectivity index (χ2v) is 7.98. The smallest absolute Gasteiger partial charge is 0.239 e. The van der Waals surface area contributed by atoms with E-state index in [9.17, 15) is 13.2 Å². The van der Waals surface area contributed by atoms with Crippen molar-refractivity contribution in [3.05, 3.63) is 22.4 Å². The van der Waals surface area contributed by atoms with Crippen molar-refractivity contribution < 1.29 is 13.2 Å². The third-order valence-electron chi connectivity index (χ3n) is 3.78. The molecule has 18 heavy (non-hydrogen) atoms. The van der Waals surface area contributed by atoms with Crippen molar-refractivity contribution >= 4 is 27.3 Å². The summed E-state index contributed by atoms with van der Waals surface area (Å²) in [5, 5.41) is 1.83. The van der Waals surface area contributed by atoms with Gasteiger partial charge in [-0.3, -0.25) is 9.52 Å². The number of carbonyl (C=O) groups excluding carboxylic acids is 1. The van der Waals surface area contributed by atoms with Gasteiger partial charge in [0.2, 0.25) is 15.9 Å². The van der Waals surface area contributed by atoms with Gasteiger partial charge in [-0.25, -0.2) is 8.42 Å². The van der Waals surface area contributed by atoms with Gasteiger partial charge in [-0.05, 0) is 42.5 Å². The van der Waals surface area contributed by atoms with Crippen LogP contribution in [0.15, 0.2) is 17.5 Å². The standard InChI is InChI=1S/C12H15NO3S2/c14-12(10-5-8-4-9(8)6-10)13-18(15,16)7-11-2-1-3-17-11/h1-3,8-10H,4-7H2,(H,13,14)/t8-,9+,10?. The molecule has 1 heterocycles. The molecule has 4 nitrogen and oxygen atoms in total. The van der Waals surface area contributed by atoms with Crippen LogP contribution in [0, 0.1) is 17.8 Å². The van der Waals surface area contributed by atoms with E-state index in [1.807, 2.05) is 11.4 Å². The second-order valence-electron chi connectivity index (χ2n) is 5.23. The summed E-state index contributed by atoms with van der Waals surface area (Å²) in [6.45, 7) is 0. The first-order valence-electron chi connectivity index (χ1n) is 6.10. The molecule has 2 aliphatic carbocycles. The lowest BCUT2D eigenvalue weighted by atomic mass is 10.0. The molecule has 0 radical (unpaired) electrons. The van der Waals surface area contributed by atoms with Crippen LogP contribution in [0.3, 0.4) is 0 Å². The molecule has 2 aliphatic rings. The molecule has 0 aromatic carbocycles. The summed E-state index contributed by atoms with van der Waals surface area (Å²) in [6, 6.07) is 3.57. The summed E-state index contributed by atoms with van der Waals surface area (Å²) < 4.78 is 25.9. The molecular formula is C12H15NO3S2. The van der Waals surface area contributed by atoms with Gasteiger partial charge in [0.25, 0.3) is 0 Å². The lowest BCUT2D eigenvalue weighted by Crippen LogP contribution is -2.35. The number of nitrogens with one attached hydrogen (secondary N) is 1.